The van der Waals surface area contributed by atoms with Crippen LogP contribution in [0.4, 0.5) is 5.13 Å². The number of amidine groups is 1. The second-order valence-corrected chi connectivity index (χ2v) is 6.72. The Morgan fingerprint density at radius 3 is 2.83 bits per heavy atom. The summed E-state index contributed by atoms with van der Waals surface area (Å²) >= 11 is 1.65. The molecular weight excluding hydrogens is 302 g/mol. The van der Waals surface area contributed by atoms with Gasteiger partial charge in [0.1, 0.15) is 5.84 Å². The van der Waals surface area contributed by atoms with Crippen molar-refractivity contribution in [1.29, 1.82) is 0 Å². The van der Waals surface area contributed by atoms with Gasteiger partial charge in [0.25, 0.3) is 0 Å². The van der Waals surface area contributed by atoms with E-state index < -0.39 is 0 Å². The zero-order chi connectivity index (χ0) is 15.5. The molecule has 0 aliphatic carbocycles. The Morgan fingerprint density at radius 1 is 0.957 bits per heavy atom. The second-order valence-electron chi connectivity index (χ2n) is 5.86. The fourth-order valence-electron chi connectivity index (χ4n) is 2.91. The van der Waals surface area contributed by atoms with Crippen LogP contribution < -0.4 is 5.32 Å². The summed E-state index contributed by atoms with van der Waals surface area (Å²) in [5.41, 5.74) is 2.19. The summed E-state index contributed by atoms with van der Waals surface area (Å²) in [6, 6.07) is 14.9. The summed E-state index contributed by atoms with van der Waals surface area (Å²) in [6.07, 6.45) is 4.72. The molecule has 0 unspecified atom stereocenters. The molecule has 1 aliphatic heterocycles. The number of nitrogens with zero attached hydrogens (tertiary/aromatic N) is 2. The molecular formula is C19H19N3S. The predicted octanol–water partition coefficient (Wildman–Crippen LogP) is 5.35. The Labute approximate surface area is 140 Å². The first-order valence-electron chi connectivity index (χ1n) is 8.13. The zero-order valence-electron chi connectivity index (χ0n) is 13.0. The summed E-state index contributed by atoms with van der Waals surface area (Å²) in [6.45, 7) is 0.936. The van der Waals surface area contributed by atoms with Crippen LogP contribution in [0.2, 0.25) is 0 Å². The number of fused-ring (bicyclic) bond motifs is 1. The van der Waals surface area contributed by atoms with E-state index in [0.717, 1.165) is 35.2 Å². The highest BCUT2D eigenvalue weighted by Crippen LogP contribution is 2.28. The molecule has 0 fully saturated rings. The Hall–Kier alpha value is -2.20. The van der Waals surface area contributed by atoms with Gasteiger partial charge >= 0.3 is 0 Å². The van der Waals surface area contributed by atoms with Gasteiger partial charge in [-0.2, -0.15) is 0 Å². The molecule has 23 heavy (non-hydrogen) atoms. The van der Waals surface area contributed by atoms with Gasteiger partial charge in [0.15, 0.2) is 5.13 Å². The van der Waals surface area contributed by atoms with Gasteiger partial charge in [0.05, 0.1) is 5.69 Å². The van der Waals surface area contributed by atoms with Gasteiger partial charge in [-0.1, -0.05) is 42.8 Å². The number of anilines is 1. The van der Waals surface area contributed by atoms with Gasteiger partial charge in [-0.05, 0) is 29.7 Å². The zero-order valence-corrected chi connectivity index (χ0v) is 13.8. The van der Waals surface area contributed by atoms with Crippen molar-refractivity contribution in [3.05, 3.63) is 47.8 Å². The predicted molar refractivity (Wildman–Crippen MR) is 99.4 cm³/mol. The van der Waals surface area contributed by atoms with Crippen LogP contribution in [-0.4, -0.2) is 17.4 Å². The van der Waals surface area contributed by atoms with Crippen LogP contribution in [0, 0.1) is 0 Å². The van der Waals surface area contributed by atoms with Crippen molar-refractivity contribution >= 4 is 33.1 Å². The van der Waals surface area contributed by atoms with Crippen molar-refractivity contribution in [2.24, 2.45) is 4.99 Å². The number of rotatable bonds is 2. The van der Waals surface area contributed by atoms with Gasteiger partial charge < -0.3 is 5.32 Å². The summed E-state index contributed by atoms with van der Waals surface area (Å²) in [4.78, 5) is 9.35. The van der Waals surface area contributed by atoms with Crippen molar-refractivity contribution in [3.63, 3.8) is 0 Å². The maximum Gasteiger partial charge on any atom is 0.188 e. The first-order valence-corrected chi connectivity index (χ1v) is 9.01. The van der Waals surface area contributed by atoms with Crippen molar-refractivity contribution in [2.75, 3.05) is 11.9 Å². The molecule has 4 heteroatoms. The number of benzene rings is 2. The molecule has 0 spiro atoms. The molecule has 2 aromatic carbocycles. The van der Waals surface area contributed by atoms with Crippen LogP contribution in [0.3, 0.4) is 0 Å². The quantitative estimate of drug-likeness (QED) is 0.691. The van der Waals surface area contributed by atoms with Gasteiger partial charge in [0, 0.05) is 23.9 Å². The van der Waals surface area contributed by atoms with Gasteiger partial charge in [-0.15, -0.1) is 11.3 Å². The third-order valence-electron chi connectivity index (χ3n) is 4.17. The second kappa shape index (κ2) is 6.50. The minimum atomic E-state index is 0.936. The van der Waals surface area contributed by atoms with E-state index in [9.17, 15) is 0 Å². The number of thiazole rings is 1. The minimum absolute atomic E-state index is 0.936. The molecule has 116 valence electrons. The highest BCUT2D eigenvalue weighted by Gasteiger charge is 2.09. The Morgan fingerprint density at radius 2 is 1.87 bits per heavy atom. The maximum absolute atomic E-state index is 4.74. The fourth-order valence-corrected chi connectivity index (χ4v) is 3.65. The van der Waals surface area contributed by atoms with Crippen LogP contribution in [0.1, 0.15) is 25.7 Å². The highest BCUT2D eigenvalue weighted by atomic mass is 32.1. The molecule has 0 saturated carbocycles. The SMILES string of the molecule is c1ccc2cc(-c3csc(NC4=NCCCCC4)n3)ccc2c1. The molecule has 3 nitrogen and oxygen atoms in total. The number of nitrogens with one attached hydrogen (secondary N) is 1. The molecule has 2 heterocycles. The average molecular weight is 321 g/mol. The average Bonchev–Trinajstić information content (AvgIpc) is 2.90. The highest BCUT2D eigenvalue weighted by molar-refractivity contribution is 7.14. The van der Waals surface area contributed by atoms with Gasteiger partial charge in [-0.25, -0.2) is 4.98 Å². The van der Waals surface area contributed by atoms with E-state index in [0.29, 0.717) is 0 Å². The third-order valence-corrected chi connectivity index (χ3v) is 4.93. The van der Waals surface area contributed by atoms with Crippen molar-refractivity contribution in [1.82, 2.24) is 4.98 Å². The van der Waals surface area contributed by atoms with Gasteiger partial charge in [0.2, 0.25) is 0 Å². The summed E-state index contributed by atoms with van der Waals surface area (Å²) in [5.74, 6) is 1.09. The number of aliphatic imine (C=N–C) groups is 1. The molecule has 1 aliphatic rings. The molecule has 0 bridgehead atoms. The molecule has 0 radical (unpaired) electrons. The van der Waals surface area contributed by atoms with Crippen molar-refractivity contribution in [3.8, 4) is 11.3 Å². The Bertz CT molecular complexity index is 850. The van der Waals surface area contributed by atoms with Crippen LogP contribution in [0.5, 0.6) is 0 Å². The lowest BCUT2D eigenvalue weighted by Gasteiger charge is -2.04. The van der Waals surface area contributed by atoms with E-state index in [1.807, 2.05) is 0 Å². The molecule has 0 saturated heterocycles. The standard InChI is InChI=1S/C19H19N3S/c1-2-8-18(20-11-5-1)22-19-21-17(13-23-19)16-10-9-14-6-3-4-7-15(14)12-16/h3-4,6-7,9-10,12-13H,1-2,5,8,11H2,(H,20,21,22). The van der Waals surface area contributed by atoms with E-state index in [1.54, 1.807) is 11.3 Å². The summed E-state index contributed by atoms with van der Waals surface area (Å²) in [5, 5.41) is 8.97. The van der Waals surface area contributed by atoms with Crippen molar-refractivity contribution < 1.29 is 0 Å². The third kappa shape index (κ3) is 3.27. The maximum atomic E-state index is 4.74. The van der Waals surface area contributed by atoms with Gasteiger partial charge in [-0.3, -0.25) is 4.99 Å². The molecule has 1 aromatic heterocycles. The topological polar surface area (TPSA) is 37.3 Å². The Kier molecular flexibility index (Phi) is 4.07. The lowest BCUT2D eigenvalue weighted by molar-refractivity contribution is 0.731. The molecule has 0 atom stereocenters. The van der Waals surface area contributed by atoms with E-state index in [4.69, 9.17) is 4.98 Å². The van der Waals surface area contributed by atoms with Crippen LogP contribution in [-0.2, 0) is 0 Å². The van der Waals surface area contributed by atoms with E-state index in [2.05, 4.69) is 58.2 Å². The molecule has 3 aromatic rings. The lowest BCUT2D eigenvalue weighted by atomic mass is 10.1. The number of hydrogen-bond acceptors (Lipinski definition) is 4. The molecule has 1 N–H and O–H groups in total. The first kappa shape index (κ1) is 14.4. The van der Waals surface area contributed by atoms with E-state index in [1.165, 1.54) is 30.0 Å². The number of aromatic nitrogens is 1. The van der Waals surface area contributed by atoms with Crippen LogP contribution in [0.25, 0.3) is 22.0 Å². The lowest BCUT2D eigenvalue weighted by Crippen LogP contribution is -2.11. The molecule has 4 rings (SSSR count). The Balaban J connectivity index is 1.57. The monoisotopic (exact) mass is 321 g/mol. The smallest absolute Gasteiger partial charge is 0.188 e. The van der Waals surface area contributed by atoms with Crippen molar-refractivity contribution in [2.45, 2.75) is 25.7 Å². The normalized spacial score (nSPS) is 15.2. The minimum Gasteiger partial charge on any atom is -0.320 e. The van der Waals surface area contributed by atoms with Crippen LogP contribution in [0.15, 0.2) is 52.8 Å². The first-order chi connectivity index (χ1) is 11.4. The largest absolute Gasteiger partial charge is 0.320 e. The molecule has 0 amide bonds. The summed E-state index contributed by atoms with van der Waals surface area (Å²) in [7, 11) is 0. The number of hydrogen-bond donors (Lipinski definition) is 1. The van der Waals surface area contributed by atoms with Crippen LogP contribution >= 0.6 is 11.3 Å². The summed E-state index contributed by atoms with van der Waals surface area (Å²) < 4.78 is 0. The van der Waals surface area contributed by atoms with E-state index >= 15 is 0 Å². The van der Waals surface area contributed by atoms with E-state index in [-0.39, 0.29) is 0 Å². The fraction of sp³-hybridized carbons (Fsp3) is 0.263.